The van der Waals surface area contributed by atoms with E-state index in [0.717, 1.165) is 6.29 Å². The molecule has 0 aliphatic carbocycles. The molecule has 13 heavy (non-hydrogen) atoms. The summed E-state index contributed by atoms with van der Waals surface area (Å²) in [6.07, 6.45) is 0.330. The van der Waals surface area contributed by atoms with Gasteiger partial charge in [0.2, 0.25) is 0 Å². The number of hydrogen-bond acceptors (Lipinski definition) is 3. The third-order valence-corrected chi connectivity index (χ3v) is 3.26. The fraction of sp³-hybridized carbons (Fsp3) is 0.900. The Kier molecular flexibility index (Phi) is 3.45. The smallest absolute Gasteiger partial charge is 0.160 e. The fourth-order valence-corrected chi connectivity index (χ4v) is 1.85. The molecule has 0 aromatic carbocycles. The Labute approximate surface area is 79.4 Å². The van der Waals surface area contributed by atoms with Crippen LogP contribution in [0, 0.1) is 17.8 Å². The Morgan fingerprint density at radius 3 is 2.23 bits per heavy atom. The van der Waals surface area contributed by atoms with Crippen LogP contribution in [0.4, 0.5) is 0 Å². The summed E-state index contributed by atoms with van der Waals surface area (Å²) in [6, 6.07) is 0. The van der Waals surface area contributed by atoms with Gasteiger partial charge in [-0.15, -0.1) is 0 Å². The largest absolute Gasteiger partial charge is 0.356 e. The van der Waals surface area contributed by atoms with E-state index in [1.54, 1.807) is 7.11 Å². The highest BCUT2D eigenvalue weighted by Gasteiger charge is 2.38. The van der Waals surface area contributed by atoms with Gasteiger partial charge in [0.05, 0.1) is 0 Å². The molecule has 0 saturated carbocycles. The van der Waals surface area contributed by atoms with E-state index < -0.39 is 0 Å². The number of ether oxygens (including phenoxy) is 2. The van der Waals surface area contributed by atoms with Crippen LogP contribution in [0.2, 0.25) is 0 Å². The SMILES string of the molecule is CO[C@@H]1OC(C=O)[C@H](C)[C@H](C)C1C. The molecule has 0 bridgehead atoms. The zero-order chi connectivity index (χ0) is 10.0. The summed E-state index contributed by atoms with van der Waals surface area (Å²) in [6.45, 7) is 6.28. The quantitative estimate of drug-likeness (QED) is 0.612. The zero-order valence-electron chi connectivity index (χ0n) is 8.69. The van der Waals surface area contributed by atoms with Crippen molar-refractivity contribution in [2.75, 3.05) is 7.11 Å². The normalized spacial score (nSPS) is 46.0. The van der Waals surface area contributed by atoms with Gasteiger partial charge in [-0.25, -0.2) is 0 Å². The lowest BCUT2D eigenvalue weighted by Crippen LogP contribution is -2.46. The number of methoxy groups -OCH3 is 1. The van der Waals surface area contributed by atoms with E-state index in [1.807, 2.05) is 6.92 Å². The molecule has 1 aliphatic heterocycles. The molecule has 0 aromatic rings. The molecule has 0 radical (unpaired) electrons. The molecule has 3 heteroatoms. The Bertz CT molecular complexity index is 179. The summed E-state index contributed by atoms with van der Waals surface area (Å²) in [5, 5.41) is 0. The first kappa shape index (κ1) is 10.7. The van der Waals surface area contributed by atoms with Gasteiger partial charge in [0.25, 0.3) is 0 Å². The Balaban J connectivity index is 2.71. The van der Waals surface area contributed by atoms with Crippen molar-refractivity contribution in [3.63, 3.8) is 0 Å². The second-order valence-electron chi connectivity index (χ2n) is 3.92. The molecule has 5 atom stereocenters. The second-order valence-corrected chi connectivity index (χ2v) is 3.92. The standard InChI is InChI=1S/C10H18O3/c1-6-7(2)9(5-11)13-10(12-4)8(6)3/h5-10H,1-4H3/t6-,7+,8?,9?,10+/m0/s1. The average molecular weight is 186 g/mol. The van der Waals surface area contributed by atoms with Crippen molar-refractivity contribution in [1.29, 1.82) is 0 Å². The van der Waals surface area contributed by atoms with Gasteiger partial charge in [0, 0.05) is 13.0 Å². The lowest BCUT2D eigenvalue weighted by molar-refractivity contribution is -0.229. The van der Waals surface area contributed by atoms with Crippen LogP contribution in [0.5, 0.6) is 0 Å². The number of hydrogen-bond donors (Lipinski definition) is 0. The lowest BCUT2D eigenvalue weighted by atomic mass is 9.79. The van der Waals surface area contributed by atoms with E-state index in [0.29, 0.717) is 11.8 Å². The fourth-order valence-electron chi connectivity index (χ4n) is 1.85. The van der Waals surface area contributed by atoms with E-state index in [1.165, 1.54) is 0 Å². The number of aldehydes is 1. The highest BCUT2D eigenvalue weighted by molar-refractivity contribution is 5.56. The molecule has 0 amide bonds. The van der Waals surface area contributed by atoms with E-state index in [-0.39, 0.29) is 18.3 Å². The van der Waals surface area contributed by atoms with Crippen LogP contribution in [0.3, 0.4) is 0 Å². The molecule has 0 aromatic heterocycles. The van der Waals surface area contributed by atoms with Crippen LogP contribution in [-0.4, -0.2) is 25.8 Å². The number of carbonyl (C=O) groups excluding carboxylic acids is 1. The molecule has 76 valence electrons. The molecule has 1 rings (SSSR count). The van der Waals surface area contributed by atoms with Crippen molar-refractivity contribution in [3.05, 3.63) is 0 Å². The zero-order valence-corrected chi connectivity index (χ0v) is 8.69. The van der Waals surface area contributed by atoms with Crippen molar-refractivity contribution in [1.82, 2.24) is 0 Å². The highest BCUT2D eigenvalue weighted by Crippen LogP contribution is 2.34. The molecular formula is C10H18O3. The summed E-state index contributed by atoms with van der Waals surface area (Å²) in [4.78, 5) is 10.7. The number of carbonyl (C=O) groups is 1. The van der Waals surface area contributed by atoms with Gasteiger partial charge in [0.15, 0.2) is 6.29 Å². The van der Waals surface area contributed by atoms with Gasteiger partial charge >= 0.3 is 0 Å². The molecular weight excluding hydrogens is 168 g/mol. The van der Waals surface area contributed by atoms with E-state index in [9.17, 15) is 4.79 Å². The van der Waals surface area contributed by atoms with Crippen LogP contribution in [-0.2, 0) is 14.3 Å². The summed E-state index contributed by atoms with van der Waals surface area (Å²) in [7, 11) is 1.62. The van der Waals surface area contributed by atoms with Crippen LogP contribution >= 0.6 is 0 Å². The molecule has 0 spiro atoms. The first-order valence-electron chi connectivity index (χ1n) is 4.75. The van der Waals surface area contributed by atoms with E-state index in [2.05, 4.69) is 13.8 Å². The maximum absolute atomic E-state index is 10.7. The van der Waals surface area contributed by atoms with Crippen LogP contribution in [0.1, 0.15) is 20.8 Å². The summed E-state index contributed by atoms with van der Waals surface area (Å²) in [5.74, 6) is 1.07. The minimum absolute atomic E-state index is 0.235. The van der Waals surface area contributed by atoms with Crippen LogP contribution < -0.4 is 0 Å². The number of rotatable bonds is 2. The van der Waals surface area contributed by atoms with Gasteiger partial charge in [-0.2, -0.15) is 0 Å². The molecule has 1 aliphatic rings. The van der Waals surface area contributed by atoms with Crippen molar-refractivity contribution < 1.29 is 14.3 Å². The average Bonchev–Trinajstić information content (AvgIpc) is 2.15. The highest BCUT2D eigenvalue weighted by atomic mass is 16.7. The van der Waals surface area contributed by atoms with Crippen LogP contribution in [0.15, 0.2) is 0 Å². The topological polar surface area (TPSA) is 35.5 Å². The first-order valence-corrected chi connectivity index (χ1v) is 4.75. The van der Waals surface area contributed by atoms with Crippen LogP contribution in [0.25, 0.3) is 0 Å². The minimum atomic E-state index is -0.309. The third kappa shape index (κ3) is 1.92. The predicted octanol–water partition coefficient (Wildman–Crippen LogP) is 1.46. The molecule has 1 heterocycles. The molecule has 0 N–H and O–H groups in total. The Morgan fingerprint density at radius 1 is 1.15 bits per heavy atom. The van der Waals surface area contributed by atoms with Gasteiger partial charge < -0.3 is 14.3 Å². The molecule has 1 saturated heterocycles. The molecule has 2 unspecified atom stereocenters. The Hall–Kier alpha value is -0.410. The van der Waals surface area contributed by atoms with Crippen molar-refractivity contribution in [2.24, 2.45) is 17.8 Å². The van der Waals surface area contributed by atoms with Crippen molar-refractivity contribution in [3.8, 4) is 0 Å². The van der Waals surface area contributed by atoms with Gasteiger partial charge in [-0.1, -0.05) is 20.8 Å². The maximum atomic E-state index is 10.7. The first-order chi connectivity index (χ1) is 6.11. The monoisotopic (exact) mass is 186 g/mol. The van der Waals surface area contributed by atoms with Gasteiger partial charge in [-0.05, 0) is 11.8 Å². The van der Waals surface area contributed by atoms with Crippen molar-refractivity contribution >= 4 is 6.29 Å². The van der Waals surface area contributed by atoms with Gasteiger partial charge in [-0.3, -0.25) is 0 Å². The second kappa shape index (κ2) is 4.20. The summed E-state index contributed by atoms with van der Waals surface area (Å²) in [5.41, 5.74) is 0. The van der Waals surface area contributed by atoms with Gasteiger partial charge in [0.1, 0.15) is 12.4 Å². The maximum Gasteiger partial charge on any atom is 0.160 e. The minimum Gasteiger partial charge on any atom is -0.356 e. The predicted molar refractivity (Wildman–Crippen MR) is 49.2 cm³/mol. The van der Waals surface area contributed by atoms with E-state index >= 15 is 0 Å². The van der Waals surface area contributed by atoms with Crippen molar-refractivity contribution in [2.45, 2.75) is 33.2 Å². The van der Waals surface area contributed by atoms with E-state index in [4.69, 9.17) is 9.47 Å². The Morgan fingerprint density at radius 2 is 1.77 bits per heavy atom. The summed E-state index contributed by atoms with van der Waals surface area (Å²) < 4.78 is 10.7. The molecule has 3 nitrogen and oxygen atoms in total. The summed E-state index contributed by atoms with van der Waals surface area (Å²) >= 11 is 0. The lowest BCUT2D eigenvalue weighted by Gasteiger charge is -2.40. The molecule has 1 fully saturated rings. The third-order valence-electron chi connectivity index (χ3n) is 3.26.